The molecule has 0 saturated carbocycles. The molecule has 162 valence electrons. The van der Waals surface area contributed by atoms with E-state index in [9.17, 15) is 15.2 Å². The van der Waals surface area contributed by atoms with Gasteiger partial charge >= 0.3 is 5.69 Å². The van der Waals surface area contributed by atoms with E-state index >= 15 is 0 Å². The Hall–Kier alpha value is -4.23. The Kier molecular flexibility index (Phi) is 5.03. The van der Waals surface area contributed by atoms with E-state index in [1.165, 1.54) is 12.3 Å². The number of aliphatic imine (C=N–C) groups is 1. The van der Waals surface area contributed by atoms with Gasteiger partial charge in [0.2, 0.25) is 11.6 Å². The zero-order valence-electron chi connectivity index (χ0n) is 17.3. The Balaban J connectivity index is 1.53. The van der Waals surface area contributed by atoms with E-state index in [1.54, 1.807) is 31.2 Å². The third-order valence-electron chi connectivity index (χ3n) is 5.28. The molecular weight excluding hydrogens is 442 g/mol. The third-order valence-corrected chi connectivity index (χ3v) is 5.61. The molecular formula is C25H16ClN3O4. The van der Waals surface area contributed by atoms with Crippen LogP contribution in [0, 0.1) is 17.0 Å². The predicted octanol–water partition coefficient (Wildman–Crippen LogP) is 6.97. The molecule has 0 aliphatic rings. The van der Waals surface area contributed by atoms with Crippen LogP contribution in [0.25, 0.3) is 33.3 Å². The molecule has 0 unspecified atom stereocenters. The third kappa shape index (κ3) is 3.79. The number of phenols is 1. The lowest BCUT2D eigenvalue weighted by molar-refractivity contribution is -0.385. The van der Waals surface area contributed by atoms with Crippen molar-refractivity contribution in [2.45, 2.75) is 6.92 Å². The van der Waals surface area contributed by atoms with Gasteiger partial charge < -0.3 is 9.52 Å². The lowest BCUT2D eigenvalue weighted by Crippen LogP contribution is -1.93. The van der Waals surface area contributed by atoms with Crippen molar-refractivity contribution in [3.05, 3.63) is 93.0 Å². The number of nitrogens with zero attached hydrogens (tertiary/aromatic N) is 3. The van der Waals surface area contributed by atoms with E-state index in [-0.39, 0.29) is 11.3 Å². The molecule has 0 amide bonds. The minimum atomic E-state index is -0.622. The second kappa shape index (κ2) is 8.03. The first-order valence-electron chi connectivity index (χ1n) is 10.0. The standard InChI is InChI=1S/C25H16ClN3O4/c1-14-10-15(24(30)22(11-14)29(31)32)13-27-16-8-9-23-21(12-16)28-25(33-23)19-6-2-5-18-17(19)4-3-7-20(18)26/h2-13,30H,1H3. The largest absolute Gasteiger partial charge is 0.502 e. The summed E-state index contributed by atoms with van der Waals surface area (Å²) in [6.07, 6.45) is 1.39. The smallest absolute Gasteiger partial charge is 0.311 e. The van der Waals surface area contributed by atoms with E-state index in [1.807, 2.05) is 36.4 Å². The van der Waals surface area contributed by atoms with Crippen LogP contribution in [0.5, 0.6) is 5.75 Å². The van der Waals surface area contributed by atoms with Gasteiger partial charge in [0.25, 0.3) is 0 Å². The van der Waals surface area contributed by atoms with Crippen molar-refractivity contribution in [3.8, 4) is 17.2 Å². The average Bonchev–Trinajstić information content (AvgIpc) is 3.22. The van der Waals surface area contributed by atoms with Crippen LogP contribution in [0.3, 0.4) is 0 Å². The molecule has 33 heavy (non-hydrogen) atoms. The van der Waals surface area contributed by atoms with Crippen LogP contribution in [0.2, 0.25) is 5.02 Å². The minimum absolute atomic E-state index is 0.260. The zero-order valence-corrected chi connectivity index (χ0v) is 18.1. The van der Waals surface area contributed by atoms with E-state index in [4.69, 9.17) is 16.0 Å². The summed E-state index contributed by atoms with van der Waals surface area (Å²) in [7, 11) is 0. The van der Waals surface area contributed by atoms with Crippen LogP contribution in [0.4, 0.5) is 11.4 Å². The quantitative estimate of drug-likeness (QED) is 0.178. The van der Waals surface area contributed by atoms with Gasteiger partial charge in [0.1, 0.15) is 5.52 Å². The van der Waals surface area contributed by atoms with E-state index in [0.717, 1.165) is 16.3 Å². The molecule has 0 saturated heterocycles. The van der Waals surface area contributed by atoms with Gasteiger partial charge in [-0.15, -0.1) is 0 Å². The van der Waals surface area contributed by atoms with Crippen LogP contribution >= 0.6 is 11.6 Å². The van der Waals surface area contributed by atoms with E-state index < -0.39 is 10.7 Å². The van der Waals surface area contributed by atoms with Gasteiger partial charge in [0.05, 0.1) is 10.6 Å². The van der Waals surface area contributed by atoms with Gasteiger partial charge in [0.15, 0.2) is 5.58 Å². The topological polar surface area (TPSA) is 102 Å². The van der Waals surface area contributed by atoms with Crippen LogP contribution in [0.1, 0.15) is 11.1 Å². The Labute approximate surface area is 192 Å². The molecule has 1 N–H and O–H groups in total. The Morgan fingerprint density at radius 3 is 2.70 bits per heavy atom. The summed E-state index contributed by atoms with van der Waals surface area (Å²) in [6.45, 7) is 1.72. The number of rotatable bonds is 4. The second-order valence-electron chi connectivity index (χ2n) is 7.55. The lowest BCUT2D eigenvalue weighted by Gasteiger charge is -2.04. The molecule has 0 atom stereocenters. The highest BCUT2D eigenvalue weighted by atomic mass is 35.5. The fourth-order valence-electron chi connectivity index (χ4n) is 3.74. The summed E-state index contributed by atoms with van der Waals surface area (Å²) in [5.41, 5.74) is 3.14. The van der Waals surface area contributed by atoms with Gasteiger partial charge in [-0.25, -0.2) is 4.98 Å². The maximum absolute atomic E-state index is 11.1. The summed E-state index contributed by atoms with van der Waals surface area (Å²) in [4.78, 5) is 19.5. The lowest BCUT2D eigenvalue weighted by atomic mass is 10.0. The Morgan fingerprint density at radius 1 is 1.09 bits per heavy atom. The fourth-order valence-corrected chi connectivity index (χ4v) is 3.98. The average molecular weight is 458 g/mol. The first-order valence-corrected chi connectivity index (χ1v) is 10.4. The number of aromatic nitrogens is 1. The summed E-state index contributed by atoms with van der Waals surface area (Å²) in [6, 6.07) is 19.7. The molecule has 7 nitrogen and oxygen atoms in total. The number of aryl methyl sites for hydroxylation is 1. The Bertz CT molecular complexity index is 1590. The van der Waals surface area contributed by atoms with Gasteiger partial charge in [0, 0.05) is 33.8 Å². The van der Waals surface area contributed by atoms with Crippen molar-refractivity contribution in [2.75, 3.05) is 0 Å². The van der Waals surface area contributed by atoms with E-state index in [2.05, 4.69) is 9.98 Å². The van der Waals surface area contributed by atoms with E-state index in [0.29, 0.717) is 33.3 Å². The molecule has 5 rings (SSSR count). The van der Waals surface area contributed by atoms with Crippen LogP contribution in [0.15, 0.2) is 76.1 Å². The number of halogens is 1. The molecule has 1 aromatic heterocycles. The summed E-state index contributed by atoms with van der Waals surface area (Å²) in [5, 5.41) is 23.8. The van der Waals surface area contributed by atoms with Crippen molar-refractivity contribution in [2.24, 2.45) is 4.99 Å². The summed E-state index contributed by atoms with van der Waals surface area (Å²) < 4.78 is 5.98. The number of nitro benzene ring substituents is 1. The minimum Gasteiger partial charge on any atom is -0.502 e. The Morgan fingerprint density at radius 2 is 1.88 bits per heavy atom. The highest BCUT2D eigenvalue weighted by molar-refractivity contribution is 6.35. The van der Waals surface area contributed by atoms with Crippen molar-refractivity contribution >= 4 is 51.1 Å². The zero-order chi connectivity index (χ0) is 23.1. The maximum atomic E-state index is 11.1. The molecule has 8 heteroatoms. The first kappa shape index (κ1) is 20.7. The molecule has 0 spiro atoms. The van der Waals surface area contributed by atoms with Gasteiger partial charge in [-0.3, -0.25) is 15.1 Å². The predicted molar refractivity (Wildman–Crippen MR) is 129 cm³/mol. The monoisotopic (exact) mass is 457 g/mol. The van der Waals surface area contributed by atoms with Gasteiger partial charge in [-0.2, -0.15) is 0 Å². The van der Waals surface area contributed by atoms with Crippen LogP contribution in [-0.2, 0) is 0 Å². The molecule has 0 radical (unpaired) electrons. The second-order valence-corrected chi connectivity index (χ2v) is 7.96. The number of nitro groups is 1. The maximum Gasteiger partial charge on any atom is 0.311 e. The van der Waals surface area contributed by atoms with Crippen molar-refractivity contribution < 1.29 is 14.4 Å². The number of hydrogen-bond donors (Lipinski definition) is 1. The fraction of sp³-hybridized carbons (Fsp3) is 0.0400. The van der Waals surface area contributed by atoms with Crippen molar-refractivity contribution in [1.29, 1.82) is 0 Å². The van der Waals surface area contributed by atoms with Gasteiger partial charge in [-0.1, -0.05) is 35.9 Å². The van der Waals surface area contributed by atoms with Crippen molar-refractivity contribution in [3.63, 3.8) is 0 Å². The number of aromatic hydroxyl groups is 1. The number of benzene rings is 4. The SMILES string of the molecule is Cc1cc(C=Nc2ccc3oc(-c4cccc5c(Cl)cccc45)nc3c2)c(O)c([N+](=O)[O-])c1. The number of hydrogen-bond acceptors (Lipinski definition) is 6. The normalized spacial score (nSPS) is 11.6. The number of fused-ring (bicyclic) bond motifs is 2. The first-order chi connectivity index (χ1) is 15.9. The number of phenolic OH excluding ortho intramolecular Hbond substituents is 1. The highest BCUT2D eigenvalue weighted by Gasteiger charge is 2.17. The van der Waals surface area contributed by atoms with Gasteiger partial charge in [-0.05, 0) is 54.3 Å². The molecule has 1 heterocycles. The molecule has 0 fully saturated rings. The molecule has 0 bridgehead atoms. The number of oxazole rings is 1. The molecule has 4 aromatic carbocycles. The molecule has 0 aliphatic carbocycles. The highest BCUT2D eigenvalue weighted by Crippen LogP contribution is 2.34. The van der Waals surface area contributed by atoms with Crippen LogP contribution in [-0.4, -0.2) is 21.2 Å². The summed E-state index contributed by atoms with van der Waals surface area (Å²) >= 11 is 6.33. The molecule has 0 aliphatic heterocycles. The van der Waals surface area contributed by atoms with Crippen LogP contribution < -0.4 is 0 Å². The van der Waals surface area contributed by atoms with Crippen molar-refractivity contribution in [1.82, 2.24) is 4.98 Å². The molecule has 5 aromatic rings. The summed E-state index contributed by atoms with van der Waals surface area (Å²) in [5.74, 6) is 0.0414.